The first kappa shape index (κ1) is 15.8. The Bertz CT molecular complexity index is 479. The zero-order valence-electron chi connectivity index (χ0n) is 13.2. The molecule has 4 nitrogen and oxygen atoms in total. The number of hydrogen-bond donors (Lipinski definition) is 2. The summed E-state index contributed by atoms with van der Waals surface area (Å²) in [7, 11) is 3.95. The SMILES string of the molecule is CN(C)c1cccc(C(=O)NCC2(CN)CCCCC2)c1. The van der Waals surface area contributed by atoms with E-state index < -0.39 is 0 Å². The molecule has 1 aromatic rings. The molecule has 0 aromatic heterocycles. The van der Waals surface area contributed by atoms with Crippen LogP contribution in [0.1, 0.15) is 42.5 Å². The fourth-order valence-electron chi connectivity index (χ4n) is 3.05. The summed E-state index contributed by atoms with van der Waals surface area (Å²) >= 11 is 0. The molecule has 3 N–H and O–H groups in total. The Morgan fingerprint density at radius 3 is 2.62 bits per heavy atom. The summed E-state index contributed by atoms with van der Waals surface area (Å²) in [5.41, 5.74) is 7.82. The standard InChI is InChI=1S/C17H27N3O/c1-20(2)15-8-6-7-14(11-15)16(21)19-13-17(12-18)9-4-3-5-10-17/h6-8,11H,3-5,9-10,12-13,18H2,1-2H3,(H,19,21). The van der Waals surface area contributed by atoms with Crippen LogP contribution in [0.2, 0.25) is 0 Å². The molecule has 0 saturated heterocycles. The minimum absolute atomic E-state index is 0.00269. The number of carbonyl (C=O) groups excluding carboxylic acids is 1. The highest BCUT2D eigenvalue weighted by molar-refractivity contribution is 5.95. The van der Waals surface area contributed by atoms with Crippen LogP contribution < -0.4 is 16.0 Å². The highest BCUT2D eigenvalue weighted by Crippen LogP contribution is 2.34. The van der Waals surface area contributed by atoms with Gasteiger partial charge in [0.1, 0.15) is 0 Å². The van der Waals surface area contributed by atoms with E-state index in [9.17, 15) is 4.79 Å². The molecule has 0 radical (unpaired) electrons. The predicted molar refractivity (Wildman–Crippen MR) is 87.7 cm³/mol. The van der Waals surface area contributed by atoms with Gasteiger partial charge in [-0.1, -0.05) is 25.3 Å². The molecule has 1 aliphatic carbocycles. The largest absolute Gasteiger partial charge is 0.378 e. The van der Waals surface area contributed by atoms with Crippen molar-refractivity contribution >= 4 is 11.6 Å². The van der Waals surface area contributed by atoms with Crippen molar-refractivity contribution in [2.75, 3.05) is 32.1 Å². The topological polar surface area (TPSA) is 58.4 Å². The first-order chi connectivity index (χ1) is 10.1. The zero-order valence-corrected chi connectivity index (χ0v) is 13.2. The third-order valence-electron chi connectivity index (χ3n) is 4.60. The van der Waals surface area contributed by atoms with Crippen LogP contribution in [0.5, 0.6) is 0 Å². The predicted octanol–water partition coefficient (Wildman–Crippen LogP) is 2.39. The molecule has 0 spiro atoms. The van der Waals surface area contributed by atoms with Crippen LogP contribution in [0.25, 0.3) is 0 Å². The molecule has 116 valence electrons. The molecule has 1 amide bonds. The highest BCUT2D eigenvalue weighted by atomic mass is 16.1. The molecule has 0 atom stereocenters. The van der Waals surface area contributed by atoms with Gasteiger partial charge in [0.05, 0.1) is 0 Å². The molecule has 0 bridgehead atoms. The van der Waals surface area contributed by atoms with Gasteiger partial charge in [-0.2, -0.15) is 0 Å². The van der Waals surface area contributed by atoms with Gasteiger partial charge < -0.3 is 16.0 Å². The molecule has 0 unspecified atom stereocenters. The fourth-order valence-corrected chi connectivity index (χ4v) is 3.05. The van der Waals surface area contributed by atoms with Crippen LogP contribution in [-0.2, 0) is 0 Å². The maximum atomic E-state index is 12.3. The van der Waals surface area contributed by atoms with Gasteiger partial charge in [-0.05, 0) is 43.0 Å². The molecule has 4 heteroatoms. The van der Waals surface area contributed by atoms with Crippen molar-refractivity contribution in [1.82, 2.24) is 5.32 Å². The van der Waals surface area contributed by atoms with E-state index in [0.29, 0.717) is 18.7 Å². The average Bonchev–Trinajstić information content (AvgIpc) is 2.53. The Hall–Kier alpha value is -1.55. The number of carbonyl (C=O) groups is 1. The second-order valence-corrected chi connectivity index (χ2v) is 6.39. The summed E-state index contributed by atoms with van der Waals surface area (Å²) < 4.78 is 0. The molecule has 1 saturated carbocycles. The second-order valence-electron chi connectivity index (χ2n) is 6.39. The number of hydrogen-bond acceptors (Lipinski definition) is 3. The van der Waals surface area contributed by atoms with E-state index in [1.165, 1.54) is 19.3 Å². The number of nitrogens with zero attached hydrogens (tertiary/aromatic N) is 1. The summed E-state index contributed by atoms with van der Waals surface area (Å²) in [6, 6.07) is 7.70. The molecular weight excluding hydrogens is 262 g/mol. The van der Waals surface area contributed by atoms with E-state index in [1.807, 2.05) is 43.3 Å². The third-order valence-corrected chi connectivity index (χ3v) is 4.60. The molecule has 0 aliphatic heterocycles. The van der Waals surface area contributed by atoms with Crippen molar-refractivity contribution in [3.8, 4) is 0 Å². The van der Waals surface area contributed by atoms with Crippen LogP contribution in [-0.4, -0.2) is 33.1 Å². The van der Waals surface area contributed by atoms with Gasteiger partial charge >= 0.3 is 0 Å². The van der Waals surface area contributed by atoms with E-state index >= 15 is 0 Å². The normalized spacial score (nSPS) is 17.3. The monoisotopic (exact) mass is 289 g/mol. The summed E-state index contributed by atoms with van der Waals surface area (Å²) in [5, 5.41) is 3.09. The summed E-state index contributed by atoms with van der Waals surface area (Å²) in [6.45, 7) is 1.35. The second kappa shape index (κ2) is 6.94. The highest BCUT2D eigenvalue weighted by Gasteiger charge is 2.31. The van der Waals surface area contributed by atoms with Crippen LogP contribution in [0.3, 0.4) is 0 Å². The van der Waals surface area contributed by atoms with E-state index in [-0.39, 0.29) is 11.3 Å². The molecule has 21 heavy (non-hydrogen) atoms. The van der Waals surface area contributed by atoms with Gasteiger partial charge in [0.15, 0.2) is 0 Å². The van der Waals surface area contributed by atoms with E-state index in [2.05, 4.69) is 5.32 Å². The maximum Gasteiger partial charge on any atom is 0.251 e. The van der Waals surface area contributed by atoms with Crippen molar-refractivity contribution < 1.29 is 4.79 Å². The lowest BCUT2D eigenvalue weighted by Gasteiger charge is -2.36. The molecule has 1 fully saturated rings. The Morgan fingerprint density at radius 2 is 2.00 bits per heavy atom. The molecular formula is C17H27N3O. The fraction of sp³-hybridized carbons (Fsp3) is 0.588. The van der Waals surface area contributed by atoms with Crippen molar-refractivity contribution in [3.63, 3.8) is 0 Å². The number of nitrogens with two attached hydrogens (primary N) is 1. The summed E-state index contributed by atoms with van der Waals surface area (Å²) in [5.74, 6) is -0.00269. The van der Waals surface area contributed by atoms with Crippen LogP contribution in [0, 0.1) is 5.41 Å². The zero-order chi connectivity index (χ0) is 15.3. The van der Waals surface area contributed by atoms with Gasteiger partial charge in [0.2, 0.25) is 0 Å². The van der Waals surface area contributed by atoms with Crippen molar-refractivity contribution in [3.05, 3.63) is 29.8 Å². The number of benzene rings is 1. The quantitative estimate of drug-likeness (QED) is 0.875. The van der Waals surface area contributed by atoms with Crippen molar-refractivity contribution in [1.29, 1.82) is 0 Å². The maximum absolute atomic E-state index is 12.3. The Kier molecular flexibility index (Phi) is 5.23. The van der Waals surface area contributed by atoms with Gasteiger partial charge in [-0.25, -0.2) is 0 Å². The van der Waals surface area contributed by atoms with Crippen molar-refractivity contribution in [2.45, 2.75) is 32.1 Å². The number of amides is 1. The minimum atomic E-state index is -0.00269. The summed E-state index contributed by atoms with van der Waals surface area (Å²) in [4.78, 5) is 14.3. The lowest BCUT2D eigenvalue weighted by Crippen LogP contribution is -2.43. The first-order valence-electron chi connectivity index (χ1n) is 7.82. The van der Waals surface area contributed by atoms with Gasteiger partial charge in [0.25, 0.3) is 5.91 Å². The Balaban J connectivity index is 1.99. The van der Waals surface area contributed by atoms with Crippen molar-refractivity contribution in [2.24, 2.45) is 11.1 Å². The summed E-state index contributed by atoms with van der Waals surface area (Å²) in [6.07, 6.45) is 6.00. The third kappa shape index (κ3) is 3.97. The Morgan fingerprint density at radius 1 is 1.29 bits per heavy atom. The lowest BCUT2D eigenvalue weighted by molar-refractivity contribution is 0.0914. The first-order valence-corrected chi connectivity index (χ1v) is 7.82. The molecule has 1 aliphatic rings. The van der Waals surface area contributed by atoms with Crippen LogP contribution in [0.15, 0.2) is 24.3 Å². The van der Waals surface area contributed by atoms with Crippen LogP contribution >= 0.6 is 0 Å². The molecule has 1 aromatic carbocycles. The molecule has 2 rings (SSSR count). The number of nitrogens with one attached hydrogen (secondary N) is 1. The van der Waals surface area contributed by atoms with Gasteiger partial charge in [0, 0.05) is 31.9 Å². The molecule has 0 heterocycles. The lowest BCUT2D eigenvalue weighted by atomic mass is 9.74. The van der Waals surface area contributed by atoms with E-state index in [4.69, 9.17) is 5.73 Å². The number of rotatable bonds is 5. The number of anilines is 1. The van der Waals surface area contributed by atoms with Gasteiger partial charge in [-0.3, -0.25) is 4.79 Å². The minimum Gasteiger partial charge on any atom is -0.378 e. The van der Waals surface area contributed by atoms with E-state index in [1.54, 1.807) is 0 Å². The smallest absolute Gasteiger partial charge is 0.251 e. The average molecular weight is 289 g/mol. The van der Waals surface area contributed by atoms with E-state index in [0.717, 1.165) is 18.5 Å². The Labute approximate surface area is 127 Å². The van der Waals surface area contributed by atoms with Crippen LogP contribution in [0.4, 0.5) is 5.69 Å². The van der Waals surface area contributed by atoms with Gasteiger partial charge in [-0.15, -0.1) is 0 Å².